The molecule has 0 aliphatic heterocycles. The number of aryl methyl sites for hydroxylation is 2. The molecule has 0 radical (unpaired) electrons. The van der Waals surface area contributed by atoms with E-state index in [4.69, 9.17) is 0 Å². The Morgan fingerprint density at radius 1 is 1.29 bits per heavy atom. The summed E-state index contributed by atoms with van der Waals surface area (Å²) in [5.74, 6) is 0.753. The third-order valence-corrected chi connectivity index (χ3v) is 2.08. The number of rotatable bonds is 4. The van der Waals surface area contributed by atoms with Crippen LogP contribution in [-0.2, 0) is 0 Å². The summed E-state index contributed by atoms with van der Waals surface area (Å²) in [5.41, 5.74) is 2.03. The van der Waals surface area contributed by atoms with Crippen LogP contribution in [-0.4, -0.2) is 16.0 Å². The molecule has 1 unspecified atom stereocenters. The largest absolute Gasteiger partial charge is 0.352 e. The number of anilines is 1. The van der Waals surface area contributed by atoms with Crippen LogP contribution in [0.3, 0.4) is 0 Å². The van der Waals surface area contributed by atoms with Crippen molar-refractivity contribution in [2.24, 2.45) is 0 Å². The van der Waals surface area contributed by atoms with E-state index >= 15 is 0 Å². The van der Waals surface area contributed by atoms with Crippen molar-refractivity contribution >= 4 is 5.95 Å². The fraction of sp³-hybridized carbons (Fsp3) is 0.636. The Kier molecular flexibility index (Phi) is 3.86. The summed E-state index contributed by atoms with van der Waals surface area (Å²) in [7, 11) is 0. The van der Waals surface area contributed by atoms with Gasteiger partial charge in [0.05, 0.1) is 0 Å². The molecule has 1 aromatic rings. The van der Waals surface area contributed by atoms with Gasteiger partial charge in [-0.15, -0.1) is 0 Å². The SMILES string of the molecule is CCCC(C)Nc1nc(C)cc(C)n1. The fourth-order valence-corrected chi connectivity index (χ4v) is 1.52. The predicted octanol–water partition coefficient (Wildman–Crippen LogP) is 2.69. The maximum absolute atomic E-state index is 4.33. The number of aromatic nitrogens is 2. The van der Waals surface area contributed by atoms with Crippen LogP contribution < -0.4 is 5.32 Å². The monoisotopic (exact) mass is 193 g/mol. The number of nitrogens with zero attached hydrogens (tertiary/aromatic N) is 2. The third kappa shape index (κ3) is 3.32. The van der Waals surface area contributed by atoms with Crippen LogP contribution in [0.2, 0.25) is 0 Å². The van der Waals surface area contributed by atoms with Crippen LogP contribution in [0, 0.1) is 13.8 Å². The first-order chi connectivity index (χ1) is 6.61. The van der Waals surface area contributed by atoms with Gasteiger partial charge in [-0.2, -0.15) is 0 Å². The lowest BCUT2D eigenvalue weighted by Gasteiger charge is -2.13. The van der Waals surface area contributed by atoms with E-state index in [1.165, 1.54) is 6.42 Å². The third-order valence-electron chi connectivity index (χ3n) is 2.08. The van der Waals surface area contributed by atoms with Crippen molar-refractivity contribution in [3.05, 3.63) is 17.5 Å². The Morgan fingerprint density at radius 3 is 2.36 bits per heavy atom. The van der Waals surface area contributed by atoms with Crippen molar-refractivity contribution in [2.45, 2.75) is 46.6 Å². The van der Waals surface area contributed by atoms with Crippen molar-refractivity contribution < 1.29 is 0 Å². The van der Waals surface area contributed by atoms with Crippen molar-refractivity contribution in [1.82, 2.24) is 9.97 Å². The van der Waals surface area contributed by atoms with E-state index in [0.29, 0.717) is 6.04 Å². The summed E-state index contributed by atoms with van der Waals surface area (Å²) in [6.07, 6.45) is 2.33. The molecule has 1 rings (SSSR count). The molecule has 0 aromatic carbocycles. The highest BCUT2D eigenvalue weighted by atomic mass is 15.1. The average molecular weight is 193 g/mol. The van der Waals surface area contributed by atoms with Crippen molar-refractivity contribution in [1.29, 1.82) is 0 Å². The Morgan fingerprint density at radius 2 is 1.86 bits per heavy atom. The molecule has 1 aromatic heterocycles. The van der Waals surface area contributed by atoms with Crippen LogP contribution in [0.4, 0.5) is 5.95 Å². The molecule has 0 aliphatic carbocycles. The minimum absolute atomic E-state index is 0.446. The lowest BCUT2D eigenvalue weighted by Crippen LogP contribution is -2.17. The van der Waals surface area contributed by atoms with Gasteiger partial charge >= 0.3 is 0 Å². The molecule has 0 spiro atoms. The van der Waals surface area contributed by atoms with Gasteiger partial charge in [0.1, 0.15) is 0 Å². The zero-order valence-electron chi connectivity index (χ0n) is 9.46. The maximum Gasteiger partial charge on any atom is 0.223 e. The molecule has 1 atom stereocenters. The lowest BCUT2D eigenvalue weighted by atomic mass is 10.2. The molecule has 1 heterocycles. The first kappa shape index (κ1) is 11.0. The van der Waals surface area contributed by atoms with Gasteiger partial charge < -0.3 is 5.32 Å². The van der Waals surface area contributed by atoms with Crippen LogP contribution in [0.1, 0.15) is 38.1 Å². The van der Waals surface area contributed by atoms with Crippen molar-refractivity contribution in [3.8, 4) is 0 Å². The van der Waals surface area contributed by atoms with Gasteiger partial charge in [-0.1, -0.05) is 13.3 Å². The fourth-order valence-electron chi connectivity index (χ4n) is 1.52. The Hall–Kier alpha value is -1.12. The highest BCUT2D eigenvalue weighted by Gasteiger charge is 2.03. The minimum Gasteiger partial charge on any atom is -0.352 e. The molecule has 0 bridgehead atoms. The second-order valence-electron chi connectivity index (χ2n) is 3.81. The molecule has 14 heavy (non-hydrogen) atoms. The molecule has 0 amide bonds. The van der Waals surface area contributed by atoms with Crippen LogP contribution >= 0.6 is 0 Å². The zero-order valence-corrected chi connectivity index (χ0v) is 9.46. The van der Waals surface area contributed by atoms with Gasteiger partial charge in [0, 0.05) is 17.4 Å². The normalized spacial score (nSPS) is 12.6. The molecule has 3 nitrogen and oxygen atoms in total. The van der Waals surface area contributed by atoms with Gasteiger partial charge in [-0.3, -0.25) is 0 Å². The molecule has 3 heteroatoms. The summed E-state index contributed by atoms with van der Waals surface area (Å²) >= 11 is 0. The predicted molar refractivity (Wildman–Crippen MR) is 59.5 cm³/mol. The second kappa shape index (κ2) is 4.94. The first-order valence-electron chi connectivity index (χ1n) is 5.20. The smallest absolute Gasteiger partial charge is 0.223 e. The number of hydrogen-bond donors (Lipinski definition) is 1. The van der Waals surface area contributed by atoms with E-state index in [9.17, 15) is 0 Å². The molecule has 0 aliphatic rings. The topological polar surface area (TPSA) is 37.8 Å². The van der Waals surface area contributed by atoms with Crippen LogP contribution in [0.25, 0.3) is 0 Å². The highest BCUT2D eigenvalue weighted by Crippen LogP contribution is 2.07. The second-order valence-corrected chi connectivity index (χ2v) is 3.81. The summed E-state index contributed by atoms with van der Waals surface area (Å²) < 4.78 is 0. The quantitative estimate of drug-likeness (QED) is 0.799. The number of hydrogen-bond acceptors (Lipinski definition) is 3. The summed E-state index contributed by atoms with van der Waals surface area (Å²) in [4.78, 5) is 8.67. The summed E-state index contributed by atoms with van der Waals surface area (Å²) in [5, 5.41) is 3.30. The van der Waals surface area contributed by atoms with Gasteiger partial charge in [0.15, 0.2) is 0 Å². The molecule has 0 fully saturated rings. The van der Waals surface area contributed by atoms with E-state index in [0.717, 1.165) is 23.8 Å². The highest BCUT2D eigenvalue weighted by molar-refractivity contribution is 5.28. The van der Waals surface area contributed by atoms with Gasteiger partial charge in [0.25, 0.3) is 0 Å². The van der Waals surface area contributed by atoms with E-state index in [-0.39, 0.29) is 0 Å². The van der Waals surface area contributed by atoms with Crippen molar-refractivity contribution in [3.63, 3.8) is 0 Å². The molecular weight excluding hydrogens is 174 g/mol. The standard InChI is InChI=1S/C11H19N3/c1-5-6-8(2)12-11-13-9(3)7-10(4)14-11/h7-8H,5-6H2,1-4H3,(H,12,13,14). The molecule has 1 N–H and O–H groups in total. The Balaban J connectivity index is 2.66. The van der Waals surface area contributed by atoms with E-state index in [1.54, 1.807) is 0 Å². The van der Waals surface area contributed by atoms with E-state index in [1.807, 2.05) is 19.9 Å². The molecule has 0 saturated heterocycles. The Labute approximate surface area is 86.0 Å². The van der Waals surface area contributed by atoms with Crippen molar-refractivity contribution in [2.75, 3.05) is 5.32 Å². The molecule has 78 valence electrons. The van der Waals surface area contributed by atoms with Gasteiger partial charge in [-0.25, -0.2) is 9.97 Å². The molecular formula is C11H19N3. The summed E-state index contributed by atoms with van der Waals surface area (Å²) in [6.45, 7) is 8.32. The minimum atomic E-state index is 0.446. The van der Waals surface area contributed by atoms with E-state index in [2.05, 4.69) is 29.1 Å². The van der Waals surface area contributed by atoms with Crippen LogP contribution in [0.15, 0.2) is 6.07 Å². The van der Waals surface area contributed by atoms with Gasteiger partial charge in [-0.05, 0) is 33.3 Å². The average Bonchev–Trinajstić information content (AvgIpc) is 2.01. The maximum atomic E-state index is 4.33. The van der Waals surface area contributed by atoms with Crippen LogP contribution in [0.5, 0.6) is 0 Å². The van der Waals surface area contributed by atoms with Gasteiger partial charge in [0.2, 0.25) is 5.95 Å². The summed E-state index contributed by atoms with van der Waals surface area (Å²) in [6, 6.07) is 2.43. The van der Waals surface area contributed by atoms with E-state index < -0.39 is 0 Å². The first-order valence-corrected chi connectivity index (χ1v) is 5.20. The Bertz CT molecular complexity index is 276. The number of nitrogens with one attached hydrogen (secondary N) is 1. The molecule has 0 saturated carbocycles. The zero-order chi connectivity index (χ0) is 10.6. The lowest BCUT2D eigenvalue weighted by molar-refractivity contribution is 0.683.